The van der Waals surface area contributed by atoms with Crippen LogP contribution in [-0.4, -0.2) is 0 Å². The lowest BCUT2D eigenvalue weighted by Crippen LogP contribution is -2.11. The van der Waals surface area contributed by atoms with Crippen molar-refractivity contribution in [1.82, 2.24) is 0 Å². The quantitative estimate of drug-likeness (QED) is 0.666. The molecule has 0 aliphatic heterocycles. The minimum absolute atomic E-state index is 0.0832. The SMILES string of the molecule is Cc1c(Br)cccc1C(N)c1cc(Br)c(Br)s1. The fourth-order valence-corrected chi connectivity index (χ4v) is 4.12. The Balaban J connectivity index is 2.43. The molecule has 0 radical (unpaired) electrons. The summed E-state index contributed by atoms with van der Waals surface area (Å²) in [4.78, 5) is 1.14. The van der Waals surface area contributed by atoms with Crippen molar-refractivity contribution in [2.75, 3.05) is 0 Å². The summed E-state index contributed by atoms with van der Waals surface area (Å²) in [6.07, 6.45) is 0. The molecule has 1 aromatic carbocycles. The van der Waals surface area contributed by atoms with Crippen LogP contribution < -0.4 is 5.73 Å². The smallest absolute Gasteiger partial charge is 0.0843 e. The molecule has 0 aliphatic carbocycles. The van der Waals surface area contributed by atoms with Gasteiger partial charge in [-0.15, -0.1) is 11.3 Å². The van der Waals surface area contributed by atoms with Crippen molar-refractivity contribution in [3.05, 3.63) is 53.0 Å². The summed E-state index contributed by atoms with van der Waals surface area (Å²) in [5.74, 6) is 0. The number of benzene rings is 1. The van der Waals surface area contributed by atoms with E-state index in [0.29, 0.717) is 0 Å². The van der Waals surface area contributed by atoms with Gasteiger partial charge in [-0.3, -0.25) is 0 Å². The van der Waals surface area contributed by atoms with Crippen molar-refractivity contribution in [1.29, 1.82) is 0 Å². The summed E-state index contributed by atoms with van der Waals surface area (Å²) in [5, 5.41) is 0. The summed E-state index contributed by atoms with van der Waals surface area (Å²) >= 11 is 12.2. The van der Waals surface area contributed by atoms with Crippen molar-refractivity contribution >= 4 is 59.1 Å². The van der Waals surface area contributed by atoms with Crippen molar-refractivity contribution in [2.24, 2.45) is 5.73 Å². The van der Waals surface area contributed by atoms with Crippen molar-refractivity contribution < 1.29 is 0 Å². The Hall–Kier alpha value is 0.320. The molecule has 0 saturated carbocycles. The van der Waals surface area contributed by atoms with E-state index in [-0.39, 0.29) is 6.04 Å². The van der Waals surface area contributed by atoms with E-state index in [9.17, 15) is 0 Å². The van der Waals surface area contributed by atoms with Gasteiger partial charge in [-0.2, -0.15) is 0 Å². The molecule has 0 spiro atoms. The number of thiophene rings is 1. The Morgan fingerprint density at radius 3 is 2.47 bits per heavy atom. The maximum Gasteiger partial charge on any atom is 0.0843 e. The molecule has 0 fully saturated rings. The van der Waals surface area contributed by atoms with Gasteiger partial charge >= 0.3 is 0 Å². The van der Waals surface area contributed by atoms with Gasteiger partial charge < -0.3 is 5.73 Å². The van der Waals surface area contributed by atoms with Crippen LogP contribution in [0.5, 0.6) is 0 Å². The van der Waals surface area contributed by atoms with Gasteiger partial charge in [0.05, 0.1) is 9.83 Å². The molecule has 0 bridgehead atoms. The van der Waals surface area contributed by atoms with Crippen LogP contribution in [0, 0.1) is 6.92 Å². The van der Waals surface area contributed by atoms with E-state index in [4.69, 9.17) is 5.73 Å². The fraction of sp³-hybridized carbons (Fsp3) is 0.167. The predicted octanol–water partition coefficient (Wildman–Crippen LogP) is 5.39. The van der Waals surface area contributed by atoms with Gasteiger partial charge in [0.2, 0.25) is 0 Å². The maximum absolute atomic E-state index is 6.32. The van der Waals surface area contributed by atoms with Gasteiger partial charge in [-0.05, 0) is 62.0 Å². The Labute approximate surface area is 130 Å². The third-order valence-corrected chi connectivity index (χ3v) is 6.81. The van der Waals surface area contributed by atoms with E-state index in [0.717, 1.165) is 23.2 Å². The number of hydrogen-bond donors (Lipinski definition) is 1. The second-order valence-corrected chi connectivity index (χ2v) is 7.81. The number of hydrogen-bond acceptors (Lipinski definition) is 2. The standard InChI is InChI=1S/C12H10Br3NS/c1-6-7(3-2-4-8(6)13)11(16)10-5-9(14)12(15)17-10/h2-5,11H,16H2,1H3. The van der Waals surface area contributed by atoms with Gasteiger partial charge in [0.15, 0.2) is 0 Å². The highest BCUT2D eigenvalue weighted by Gasteiger charge is 2.16. The van der Waals surface area contributed by atoms with Crippen molar-refractivity contribution in [3.63, 3.8) is 0 Å². The maximum atomic E-state index is 6.32. The minimum atomic E-state index is -0.0832. The monoisotopic (exact) mass is 437 g/mol. The highest BCUT2D eigenvalue weighted by atomic mass is 79.9. The molecule has 1 unspecified atom stereocenters. The Morgan fingerprint density at radius 1 is 1.18 bits per heavy atom. The average Bonchev–Trinajstić information content (AvgIpc) is 2.62. The number of halogens is 3. The molecule has 1 atom stereocenters. The molecule has 0 aliphatic rings. The summed E-state index contributed by atoms with van der Waals surface area (Å²) in [5.41, 5.74) is 8.66. The molecule has 1 heterocycles. The molecule has 0 amide bonds. The Morgan fingerprint density at radius 2 is 1.88 bits per heavy atom. The lowest BCUT2D eigenvalue weighted by atomic mass is 10.0. The highest BCUT2D eigenvalue weighted by Crippen LogP contribution is 2.37. The van der Waals surface area contributed by atoms with E-state index in [1.807, 2.05) is 12.1 Å². The number of nitrogens with two attached hydrogens (primary N) is 1. The first-order valence-corrected chi connectivity index (χ1v) is 8.15. The first kappa shape index (κ1) is 13.7. The molecule has 2 N–H and O–H groups in total. The van der Waals surface area contributed by atoms with Gasteiger partial charge in [-0.1, -0.05) is 28.1 Å². The first-order chi connectivity index (χ1) is 8.00. The van der Waals surface area contributed by atoms with E-state index in [2.05, 4.69) is 66.8 Å². The molecular weight excluding hydrogens is 430 g/mol. The van der Waals surface area contributed by atoms with Crippen molar-refractivity contribution in [2.45, 2.75) is 13.0 Å². The predicted molar refractivity (Wildman–Crippen MR) is 84.6 cm³/mol. The van der Waals surface area contributed by atoms with Crippen molar-refractivity contribution in [3.8, 4) is 0 Å². The zero-order valence-corrected chi connectivity index (χ0v) is 14.6. The molecular formula is C12H10Br3NS. The summed E-state index contributed by atoms with van der Waals surface area (Å²) in [7, 11) is 0. The van der Waals surface area contributed by atoms with Crippen LogP contribution in [0.4, 0.5) is 0 Å². The average molecular weight is 440 g/mol. The molecule has 2 aromatic rings. The molecule has 5 heteroatoms. The summed E-state index contributed by atoms with van der Waals surface area (Å²) in [6, 6.07) is 8.11. The van der Waals surface area contributed by atoms with Crippen LogP contribution in [0.3, 0.4) is 0 Å². The zero-order valence-electron chi connectivity index (χ0n) is 9.01. The van der Waals surface area contributed by atoms with Crippen LogP contribution in [-0.2, 0) is 0 Å². The van der Waals surface area contributed by atoms with Crippen LogP contribution in [0.1, 0.15) is 22.0 Å². The Bertz CT molecular complexity index is 531. The van der Waals surface area contributed by atoms with Gasteiger partial charge in [0.25, 0.3) is 0 Å². The Kier molecular flexibility index (Phi) is 4.47. The number of rotatable bonds is 2. The second kappa shape index (κ2) is 5.53. The van der Waals surface area contributed by atoms with E-state index in [1.54, 1.807) is 11.3 Å². The third-order valence-electron chi connectivity index (χ3n) is 2.62. The molecule has 1 aromatic heterocycles. The van der Waals surface area contributed by atoms with Gasteiger partial charge in [0.1, 0.15) is 0 Å². The van der Waals surface area contributed by atoms with E-state index in [1.165, 1.54) is 5.56 Å². The van der Waals surface area contributed by atoms with Gasteiger partial charge in [-0.25, -0.2) is 0 Å². The normalized spacial score (nSPS) is 12.8. The van der Waals surface area contributed by atoms with E-state index < -0.39 is 0 Å². The van der Waals surface area contributed by atoms with Crippen LogP contribution >= 0.6 is 59.1 Å². The largest absolute Gasteiger partial charge is 0.320 e. The third kappa shape index (κ3) is 2.84. The minimum Gasteiger partial charge on any atom is -0.320 e. The first-order valence-electron chi connectivity index (χ1n) is 4.96. The molecule has 0 saturated heterocycles. The highest BCUT2D eigenvalue weighted by molar-refractivity contribution is 9.13. The lowest BCUT2D eigenvalue weighted by Gasteiger charge is -2.14. The zero-order chi connectivity index (χ0) is 12.6. The molecule has 90 valence electrons. The van der Waals surface area contributed by atoms with Crippen LogP contribution in [0.2, 0.25) is 0 Å². The van der Waals surface area contributed by atoms with E-state index >= 15 is 0 Å². The molecule has 2 rings (SSSR count). The van der Waals surface area contributed by atoms with Gasteiger partial charge in [0, 0.05) is 13.8 Å². The second-order valence-electron chi connectivity index (χ2n) is 3.70. The molecule has 17 heavy (non-hydrogen) atoms. The molecule has 1 nitrogen and oxygen atoms in total. The summed E-state index contributed by atoms with van der Waals surface area (Å²) in [6.45, 7) is 2.08. The topological polar surface area (TPSA) is 26.0 Å². The van der Waals surface area contributed by atoms with Crippen LogP contribution in [0.15, 0.2) is 37.0 Å². The van der Waals surface area contributed by atoms with Crippen LogP contribution in [0.25, 0.3) is 0 Å². The lowest BCUT2D eigenvalue weighted by molar-refractivity contribution is 0.880. The summed E-state index contributed by atoms with van der Waals surface area (Å²) < 4.78 is 3.23. The fourth-order valence-electron chi connectivity index (χ4n) is 1.63.